The lowest BCUT2D eigenvalue weighted by atomic mass is 9.99. The number of nitro benzene ring substituents is 1. The fraction of sp³-hybridized carbons (Fsp3) is 0.308. The number of aliphatic hydroxyl groups is 1. The van der Waals surface area contributed by atoms with E-state index in [9.17, 15) is 10.1 Å². The Bertz CT molecular complexity index is 638. The third-order valence-corrected chi connectivity index (χ3v) is 3.47. The van der Waals surface area contributed by atoms with Crippen molar-refractivity contribution in [2.45, 2.75) is 0 Å². The second kappa shape index (κ2) is 4.47. The van der Waals surface area contributed by atoms with Crippen molar-refractivity contribution < 1.29 is 10.0 Å². The monoisotopic (exact) mass is 259 g/mol. The van der Waals surface area contributed by atoms with Crippen LogP contribution in [0.5, 0.6) is 0 Å². The Morgan fingerprint density at radius 2 is 2.21 bits per heavy atom. The number of nitrogens with zero attached hydrogens (tertiary/aromatic N) is 3. The van der Waals surface area contributed by atoms with Crippen LogP contribution in [0.2, 0.25) is 0 Å². The number of anilines is 1. The van der Waals surface area contributed by atoms with E-state index < -0.39 is 0 Å². The molecule has 0 radical (unpaired) electrons. The summed E-state index contributed by atoms with van der Waals surface area (Å²) in [5.41, 5.74) is 1.33. The van der Waals surface area contributed by atoms with Crippen LogP contribution in [0.1, 0.15) is 0 Å². The Labute approximate surface area is 109 Å². The van der Waals surface area contributed by atoms with Crippen LogP contribution in [0.25, 0.3) is 10.9 Å². The van der Waals surface area contributed by atoms with E-state index in [1.807, 2.05) is 4.90 Å². The summed E-state index contributed by atoms with van der Waals surface area (Å²) >= 11 is 0. The summed E-state index contributed by atoms with van der Waals surface area (Å²) in [6.45, 7) is 1.44. The van der Waals surface area contributed by atoms with Crippen molar-refractivity contribution in [1.29, 1.82) is 0 Å². The minimum atomic E-state index is -0.356. The summed E-state index contributed by atoms with van der Waals surface area (Å²) < 4.78 is 0. The average molecular weight is 259 g/mol. The molecule has 1 aromatic heterocycles. The lowest BCUT2D eigenvalue weighted by molar-refractivity contribution is -0.382. The van der Waals surface area contributed by atoms with Gasteiger partial charge in [0.1, 0.15) is 5.69 Å². The van der Waals surface area contributed by atoms with Gasteiger partial charge >= 0.3 is 5.69 Å². The molecule has 0 saturated carbocycles. The molecule has 1 aliphatic heterocycles. The van der Waals surface area contributed by atoms with Gasteiger partial charge in [-0.15, -0.1) is 0 Å². The topological polar surface area (TPSA) is 79.5 Å². The second-order valence-corrected chi connectivity index (χ2v) is 4.71. The maximum absolute atomic E-state index is 11.3. The first-order valence-electron chi connectivity index (χ1n) is 6.08. The van der Waals surface area contributed by atoms with Gasteiger partial charge in [-0.25, -0.2) is 0 Å². The number of nitro groups is 1. The molecule has 0 unspecified atom stereocenters. The third kappa shape index (κ3) is 1.90. The summed E-state index contributed by atoms with van der Waals surface area (Å²) in [5, 5.41) is 20.9. The maximum Gasteiger partial charge on any atom is 0.301 e. The van der Waals surface area contributed by atoms with E-state index >= 15 is 0 Å². The fourth-order valence-electron chi connectivity index (χ4n) is 2.45. The van der Waals surface area contributed by atoms with Crippen LogP contribution in [0, 0.1) is 16.0 Å². The fourth-order valence-corrected chi connectivity index (χ4v) is 2.45. The molecule has 98 valence electrons. The molecule has 0 bridgehead atoms. The first-order valence-corrected chi connectivity index (χ1v) is 6.08. The molecular formula is C13H13N3O3. The molecule has 19 heavy (non-hydrogen) atoms. The van der Waals surface area contributed by atoms with E-state index in [1.54, 1.807) is 30.5 Å². The molecule has 2 heterocycles. The van der Waals surface area contributed by atoms with E-state index in [2.05, 4.69) is 4.98 Å². The van der Waals surface area contributed by atoms with Gasteiger partial charge in [-0.05, 0) is 24.3 Å². The van der Waals surface area contributed by atoms with Crippen LogP contribution in [0.4, 0.5) is 11.4 Å². The zero-order valence-electron chi connectivity index (χ0n) is 10.2. The van der Waals surface area contributed by atoms with Gasteiger partial charge in [-0.3, -0.25) is 15.1 Å². The van der Waals surface area contributed by atoms with E-state index in [-0.39, 0.29) is 23.1 Å². The first kappa shape index (κ1) is 11.9. The van der Waals surface area contributed by atoms with Gasteiger partial charge in [-0.1, -0.05) is 0 Å². The minimum absolute atomic E-state index is 0.0991. The van der Waals surface area contributed by atoms with Crippen molar-refractivity contribution in [3.05, 3.63) is 40.6 Å². The van der Waals surface area contributed by atoms with Gasteiger partial charge in [0, 0.05) is 31.8 Å². The van der Waals surface area contributed by atoms with Crippen molar-refractivity contribution in [2.24, 2.45) is 5.92 Å². The highest BCUT2D eigenvalue weighted by molar-refractivity contribution is 5.94. The van der Waals surface area contributed by atoms with Crippen LogP contribution in [0.15, 0.2) is 30.5 Å². The predicted octanol–water partition coefficient (Wildman–Crippen LogP) is 1.57. The van der Waals surface area contributed by atoms with Gasteiger partial charge < -0.3 is 10.0 Å². The van der Waals surface area contributed by atoms with Crippen molar-refractivity contribution in [1.82, 2.24) is 4.98 Å². The molecule has 1 fully saturated rings. The smallest absolute Gasteiger partial charge is 0.301 e. The normalized spacial score (nSPS) is 15.5. The van der Waals surface area contributed by atoms with Gasteiger partial charge in [0.2, 0.25) is 0 Å². The predicted molar refractivity (Wildman–Crippen MR) is 71.2 cm³/mol. The molecule has 1 saturated heterocycles. The Kier molecular flexibility index (Phi) is 2.79. The van der Waals surface area contributed by atoms with Gasteiger partial charge in [0.05, 0.1) is 15.8 Å². The molecule has 1 aromatic carbocycles. The summed E-state index contributed by atoms with van der Waals surface area (Å²) in [5.74, 6) is 0.212. The van der Waals surface area contributed by atoms with Crippen LogP contribution in [-0.4, -0.2) is 34.7 Å². The zero-order chi connectivity index (χ0) is 13.4. The number of fused-ring (bicyclic) bond motifs is 1. The summed E-state index contributed by atoms with van der Waals surface area (Å²) in [6.07, 6.45) is 1.62. The molecule has 0 aliphatic carbocycles. The second-order valence-electron chi connectivity index (χ2n) is 4.71. The summed E-state index contributed by atoms with van der Waals surface area (Å²) in [6, 6.07) is 6.95. The largest absolute Gasteiger partial charge is 0.396 e. The number of hydrogen-bond donors (Lipinski definition) is 1. The Morgan fingerprint density at radius 1 is 1.42 bits per heavy atom. The molecule has 0 amide bonds. The van der Waals surface area contributed by atoms with Crippen molar-refractivity contribution in [2.75, 3.05) is 24.6 Å². The van der Waals surface area contributed by atoms with Gasteiger partial charge in [-0.2, -0.15) is 0 Å². The SMILES string of the molecule is O=[N+]([O-])c1c(N2CC(CO)C2)ccc2ncccc12. The molecule has 6 nitrogen and oxygen atoms in total. The molecule has 2 aromatic rings. The van der Waals surface area contributed by atoms with Crippen molar-refractivity contribution in [3.63, 3.8) is 0 Å². The van der Waals surface area contributed by atoms with E-state index in [0.29, 0.717) is 29.7 Å². The number of rotatable bonds is 3. The highest BCUT2D eigenvalue weighted by Crippen LogP contribution is 2.37. The summed E-state index contributed by atoms with van der Waals surface area (Å²) in [4.78, 5) is 17.0. The molecule has 1 N–H and O–H groups in total. The van der Waals surface area contributed by atoms with E-state index in [0.717, 1.165) is 0 Å². The highest BCUT2D eigenvalue weighted by atomic mass is 16.6. The molecule has 3 rings (SSSR count). The molecular weight excluding hydrogens is 246 g/mol. The molecule has 6 heteroatoms. The maximum atomic E-state index is 11.3. The van der Waals surface area contributed by atoms with Gasteiger partial charge in [0.15, 0.2) is 0 Å². The number of hydrogen-bond acceptors (Lipinski definition) is 5. The number of benzene rings is 1. The number of aromatic nitrogens is 1. The Balaban J connectivity index is 2.09. The van der Waals surface area contributed by atoms with Crippen LogP contribution < -0.4 is 4.90 Å². The number of aliphatic hydroxyl groups excluding tert-OH is 1. The van der Waals surface area contributed by atoms with Crippen LogP contribution in [-0.2, 0) is 0 Å². The molecule has 0 spiro atoms. The zero-order valence-corrected chi connectivity index (χ0v) is 10.2. The van der Waals surface area contributed by atoms with E-state index in [1.165, 1.54) is 0 Å². The van der Waals surface area contributed by atoms with Crippen molar-refractivity contribution >= 4 is 22.3 Å². The van der Waals surface area contributed by atoms with Gasteiger partial charge in [0.25, 0.3) is 0 Å². The minimum Gasteiger partial charge on any atom is -0.396 e. The van der Waals surface area contributed by atoms with Crippen LogP contribution in [0.3, 0.4) is 0 Å². The molecule has 1 aliphatic rings. The Hall–Kier alpha value is -2.21. The van der Waals surface area contributed by atoms with E-state index in [4.69, 9.17) is 5.11 Å². The number of pyridine rings is 1. The first-order chi connectivity index (χ1) is 9.20. The standard InChI is InChI=1S/C13H13N3O3/c17-8-9-6-15(7-9)12-4-3-11-10(2-1-5-14-11)13(12)16(18)19/h1-5,9,17H,6-8H2. The molecule has 0 atom stereocenters. The Morgan fingerprint density at radius 3 is 2.89 bits per heavy atom. The third-order valence-electron chi connectivity index (χ3n) is 3.47. The lowest BCUT2D eigenvalue weighted by Crippen LogP contribution is -2.48. The lowest BCUT2D eigenvalue weighted by Gasteiger charge is -2.39. The van der Waals surface area contributed by atoms with Crippen LogP contribution >= 0.6 is 0 Å². The van der Waals surface area contributed by atoms with Crippen molar-refractivity contribution in [3.8, 4) is 0 Å². The quantitative estimate of drug-likeness (QED) is 0.668. The average Bonchev–Trinajstić information content (AvgIpc) is 2.36. The summed E-state index contributed by atoms with van der Waals surface area (Å²) in [7, 11) is 0. The highest BCUT2D eigenvalue weighted by Gasteiger charge is 2.31.